The molecular weight excluding hydrogens is 285 g/mol. The minimum atomic E-state index is -4.52. The fourth-order valence-electron chi connectivity index (χ4n) is 2.12. The molecular formula is C14H13F3N2O2. The zero-order valence-corrected chi connectivity index (χ0v) is 11.0. The van der Waals surface area contributed by atoms with Gasteiger partial charge in [0.1, 0.15) is 6.07 Å². The van der Waals surface area contributed by atoms with Crippen LogP contribution in [-0.4, -0.2) is 19.1 Å². The maximum atomic E-state index is 12.6. The number of benzene rings is 1. The van der Waals surface area contributed by atoms with Crippen molar-refractivity contribution in [2.24, 2.45) is 5.92 Å². The molecule has 1 aromatic carbocycles. The average molecular weight is 298 g/mol. The van der Waals surface area contributed by atoms with Gasteiger partial charge in [0.25, 0.3) is 0 Å². The van der Waals surface area contributed by atoms with Gasteiger partial charge in [0.05, 0.1) is 16.8 Å². The number of nitriles is 1. The highest BCUT2D eigenvalue weighted by Crippen LogP contribution is 2.32. The SMILES string of the molecule is N#Cc1cc(C(F)(F)F)ccc1NC(=O)C1CCOCC1. The summed E-state index contributed by atoms with van der Waals surface area (Å²) in [5.41, 5.74) is -1.02. The van der Waals surface area contributed by atoms with Crippen LogP contribution in [0.4, 0.5) is 18.9 Å². The maximum absolute atomic E-state index is 12.6. The number of amides is 1. The van der Waals surface area contributed by atoms with Gasteiger partial charge in [-0.3, -0.25) is 4.79 Å². The number of ether oxygens (including phenoxy) is 1. The molecule has 112 valence electrons. The fourth-order valence-corrected chi connectivity index (χ4v) is 2.12. The molecule has 0 atom stereocenters. The van der Waals surface area contributed by atoms with E-state index in [1.165, 1.54) is 0 Å². The Labute approximate surface area is 119 Å². The third kappa shape index (κ3) is 3.73. The lowest BCUT2D eigenvalue weighted by Crippen LogP contribution is -2.28. The number of carbonyl (C=O) groups is 1. The number of anilines is 1. The van der Waals surface area contributed by atoms with Crippen LogP contribution in [0, 0.1) is 17.2 Å². The summed E-state index contributed by atoms with van der Waals surface area (Å²) in [5.74, 6) is -0.540. The lowest BCUT2D eigenvalue weighted by atomic mass is 9.99. The Bertz CT molecular complexity index is 573. The first-order valence-electron chi connectivity index (χ1n) is 6.42. The number of carbonyl (C=O) groups excluding carboxylic acids is 1. The molecule has 0 bridgehead atoms. The van der Waals surface area contributed by atoms with E-state index >= 15 is 0 Å². The van der Waals surface area contributed by atoms with Gasteiger partial charge in [-0.25, -0.2) is 0 Å². The Morgan fingerprint density at radius 1 is 1.33 bits per heavy atom. The third-order valence-electron chi connectivity index (χ3n) is 3.32. The Morgan fingerprint density at radius 2 is 2.00 bits per heavy atom. The molecule has 1 aliphatic rings. The van der Waals surface area contributed by atoms with Gasteiger partial charge in [-0.2, -0.15) is 18.4 Å². The molecule has 1 heterocycles. The molecule has 0 radical (unpaired) electrons. The van der Waals surface area contributed by atoms with Crippen molar-refractivity contribution in [3.63, 3.8) is 0 Å². The summed E-state index contributed by atoms with van der Waals surface area (Å²) in [6.07, 6.45) is -3.39. The largest absolute Gasteiger partial charge is 0.416 e. The third-order valence-corrected chi connectivity index (χ3v) is 3.32. The molecule has 7 heteroatoms. The van der Waals surface area contributed by atoms with Crippen LogP contribution in [0.1, 0.15) is 24.0 Å². The van der Waals surface area contributed by atoms with Gasteiger partial charge in [-0.1, -0.05) is 0 Å². The summed E-state index contributed by atoms with van der Waals surface area (Å²) < 4.78 is 42.9. The first-order chi connectivity index (χ1) is 9.91. The monoisotopic (exact) mass is 298 g/mol. The van der Waals surface area contributed by atoms with Crippen molar-refractivity contribution in [1.82, 2.24) is 0 Å². The number of nitrogens with zero attached hydrogens (tertiary/aromatic N) is 1. The molecule has 0 aliphatic carbocycles. The minimum Gasteiger partial charge on any atom is -0.381 e. The second-order valence-electron chi connectivity index (χ2n) is 4.75. The van der Waals surface area contributed by atoms with Gasteiger partial charge in [0, 0.05) is 19.1 Å². The minimum absolute atomic E-state index is 0.0991. The highest BCUT2D eigenvalue weighted by Gasteiger charge is 2.31. The van der Waals surface area contributed by atoms with E-state index in [1.54, 1.807) is 6.07 Å². The first kappa shape index (κ1) is 15.3. The second kappa shape index (κ2) is 6.14. The maximum Gasteiger partial charge on any atom is 0.416 e. The smallest absolute Gasteiger partial charge is 0.381 e. The molecule has 1 aliphatic heterocycles. The van der Waals surface area contributed by atoms with Gasteiger partial charge in [0.2, 0.25) is 5.91 Å². The molecule has 1 aromatic rings. The Balaban J connectivity index is 2.16. The van der Waals surface area contributed by atoms with Crippen molar-refractivity contribution >= 4 is 11.6 Å². The van der Waals surface area contributed by atoms with Crippen LogP contribution in [0.15, 0.2) is 18.2 Å². The van der Waals surface area contributed by atoms with E-state index in [1.807, 2.05) is 0 Å². The van der Waals surface area contributed by atoms with Crippen LogP contribution in [0.5, 0.6) is 0 Å². The van der Waals surface area contributed by atoms with Crippen LogP contribution in [-0.2, 0) is 15.7 Å². The number of nitrogens with one attached hydrogen (secondary N) is 1. The van der Waals surface area contributed by atoms with E-state index in [0.717, 1.165) is 18.2 Å². The van der Waals surface area contributed by atoms with Crippen molar-refractivity contribution in [3.8, 4) is 6.07 Å². The summed E-state index contributed by atoms with van der Waals surface area (Å²) in [6.45, 7) is 0.965. The standard InChI is InChI=1S/C14H13F3N2O2/c15-14(16,17)11-1-2-12(10(7-11)8-18)19-13(20)9-3-5-21-6-4-9/h1-2,7,9H,3-6H2,(H,19,20). The van der Waals surface area contributed by atoms with E-state index in [0.29, 0.717) is 26.1 Å². The molecule has 2 rings (SSSR count). The highest BCUT2D eigenvalue weighted by molar-refractivity contribution is 5.93. The van der Waals surface area contributed by atoms with E-state index < -0.39 is 11.7 Å². The Hall–Kier alpha value is -2.07. The van der Waals surface area contributed by atoms with E-state index in [2.05, 4.69) is 5.32 Å². The number of halogens is 3. The van der Waals surface area contributed by atoms with Crippen LogP contribution in [0.2, 0.25) is 0 Å². The molecule has 1 saturated heterocycles. The van der Waals surface area contributed by atoms with Gasteiger partial charge in [0.15, 0.2) is 0 Å². The zero-order chi connectivity index (χ0) is 15.5. The van der Waals surface area contributed by atoms with Gasteiger partial charge in [-0.15, -0.1) is 0 Å². The normalized spacial score (nSPS) is 16.3. The quantitative estimate of drug-likeness (QED) is 0.913. The molecule has 1 N–H and O–H groups in total. The van der Waals surface area contributed by atoms with Gasteiger partial charge < -0.3 is 10.1 Å². The van der Waals surface area contributed by atoms with Crippen LogP contribution in [0.25, 0.3) is 0 Å². The molecule has 1 fully saturated rings. The van der Waals surface area contributed by atoms with Crippen molar-refractivity contribution in [3.05, 3.63) is 29.3 Å². The predicted molar refractivity (Wildman–Crippen MR) is 68.3 cm³/mol. The van der Waals surface area contributed by atoms with Crippen molar-refractivity contribution in [2.45, 2.75) is 19.0 Å². The summed E-state index contributed by atoms with van der Waals surface area (Å²) in [4.78, 5) is 12.0. The van der Waals surface area contributed by atoms with Crippen LogP contribution >= 0.6 is 0 Å². The molecule has 21 heavy (non-hydrogen) atoms. The van der Waals surface area contributed by atoms with Crippen LogP contribution < -0.4 is 5.32 Å². The van der Waals surface area contributed by atoms with E-state index in [-0.39, 0.29) is 23.1 Å². The molecule has 0 unspecified atom stereocenters. The Morgan fingerprint density at radius 3 is 2.57 bits per heavy atom. The highest BCUT2D eigenvalue weighted by atomic mass is 19.4. The van der Waals surface area contributed by atoms with E-state index in [9.17, 15) is 18.0 Å². The van der Waals surface area contributed by atoms with Crippen LogP contribution in [0.3, 0.4) is 0 Å². The van der Waals surface area contributed by atoms with Crippen molar-refractivity contribution in [2.75, 3.05) is 18.5 Å². The molecule has 0 saturated carbocycles. The number of rotatable bonds is 2. The topological polar surface area (TPSA) is 62.1 Å². The number of alkyl halides is 3. The first-order valence-corrected chi connectivity index (χ1v) is 6.42. The molecule has 1 amide bonds. The number of hydrogen-bond acceptors (Lipinski definition) is 3. The lowest BCUT2D eigenvalue weighted by molar-refractivity contribution is -0.137. The Kier molecular flexibility index (Phi) is 4.48. The lowest BCUT2D eigenvalue weighted by Gasteiger charge is -2.21. The van der Waals surface area contributed by atoms with Crippen molar-refractivity contribution < 1.29 is 22.7 Å². The summed E-state index contributed by atoms with van der Waals surface area (Å²) in [5, 5.41) is 11.5. The average Bonchev–Trinajstić information content (AvgIpc) is 2.47. The zero-order valence-electron chi connectivity index (χ0n) is 11.0. The second-order valence-corrected chi connectivity index (χ2v) is 4.75. The predicted octanol–water partition coefficient (Wildman–Crippen LogP) is 2.94. The molecule has 0 spiro atoms. The molecule has 4 nitrogen and oxygen atoms in total. The summed E-state index contributed by atoms with van der Waals surface area (Å²) >= 11 is 0. The van der Waals surface area contributed by atoms with Crippen molar-refractivity contribution in [1.29, 1.82) is 5.26 Å². The van der Waals surface area contributed by atoms with Gasteiger partial charge >= 0.3 is 6.18 Å². The number of hydrogen-bond donors (Lipinski definition) is 1. The summed E-state index contributed by atoms with van der Waals surface area (Å²) in [6, 6.07) is 4.37. The van der Waals surface area contributed by atoms with Gasteiger partial charge in [-0.05, 0) is 31.0 Å². The summed E-state index contributed by atoms with van der Waals surface area (Å²) in [7, 11) is 0. The van der Waals surface area contributed by atoms with E-state index in [4.69, 9.17) is 10.00 Å². The fraction of sp³-hybridized carbons (Fsp3) is 0.429. The molecule has 0 aromatic heterocycles.